The quantitative estimate of drug-likeness (QED) is 0.326. The molecule has 0 N–H and O–H groups in total. The Morgan fingerprint density at radius 1 is 1.18 bits per heavy atom. The Morgan fingerprint density at radius 2 is 1.88 bits per heavy atom. The molecule has 2 fully saturated rings. The molecule has 2 heterocycles. The van der Waals surface area contributed by atoms with Crippen LogP contribution < -0.4 is 0 Å². The van der Waals surface area contributed by atoms with Gasteiger partial charge in [0.25, 0.3) is 0 Å². The van der Waals surface area contributed by atoms with E-state index >= 15 is 0 Å². The lowest BCUT2D eigenvalue weighted by Crippen LogP contribution is -2.60. The van der Waals surface area contributed by atoms with Crippen LogP contribution in [-0.2, 0) is 23.5 Å². The molecule has 3 aliphatic rings. The minimum atomic E-state index is -1.96. The number of rotatable bonds is 7. The van der Waals surface area contributed by atoms with Gasteiger partial charge < -0.3 is 18.3 Å². The molecule has 1 aromatic heterocycles. The van der Waals surface area contributed by atoms with Gasteiger partial charge in [0.2, 0.25) is 8.32 Å². The van der Waals surface area contributed by atoms with E-state index < -0.39 is 13.7 Å². The van der Waals surface area contributed by atoms with Crippen molar-refractivity contribution in [1.82, 2.24) is 0 Å². The average Bonchev–Trinajstić information content (AvgIpc) is 3.36. The van der Waals surface area contributed by atoms with E-state index in [0.29, 0.717) is 19.3 Å². The summed E-state index contributed by atoms with van der Waals surface area (Å²) in [4.78, 5) is 26.3. The molecule has 0 amide bonds. The van der Waals surface area contributed by atoms with Crippen molar-refractivity contribution in [3.63, 3.8) is 0 Å². The zero-order valence-electron chi connectivity index (χ0n) is 21.5. The summed E-state index contributed by atoms with van der Waals surface area (Å²) in [6, 6.07) is 5.00. The molecule has 1 aliphatic heterocycles. The summed E-state index contributed by atoms with van der Waals surface area (Å²) < 4.78 is 23.6. The average molecular weight is 489 g/mol. The number of methoxy groups -OCH3 is 1. The van der Waals surface area contributed by atoms with Crippen LogP contribution in [0.1, 0.15) is 72.0 Å². The molecule has 0 spiro atoms. The van der Waals surface area contributed by atoms with Gasteiger partial charge in [-0.15, -0.1) is 0 Å². The van der Waals surface area contributed by atoms with Crippen LogP contribution in [0.5, 0.6) is 0 Å². The Bertz CT molecular complexity index is 927. The van der Waals surface area contributed by atoms with Gasteiger partial charge in [0, 0.05) is 11.5 Å². The van der Waals surface area contributed by atoms with Gasteiger partial charge >= 0.3 is 11.9 Å². The number of furan rings is 1. The highest BCUT2D eigenvalue weighted by atomic mass is 28.4. The summed E-state index contributed by atoms with van der Waals surface area (Å²) in [6.07, 6.45) is 7.84. The van der Waals surface area contributed by atoms with Crippen LogP contribution in [0, 0.1) is 28.6 Å². The number of hydrogen-bond acceptors (Lipinski definition) is 6. The van der Waals surface area contributed by atoms with Crippen molar-refractivity contribution >= 4 is 20.3 Å². The van der Waals surface area contributed by atoms with Crippen molar-refractivity contribution in [1.29, 1.82) is 0 Å². The molecule has 34 heavy (non-hydrogen) atoms. The fourth-order valence-corrected chi connectivity index (χ4v) is 9.94. The third-order valence-electron chi connectivity index (χ3n) is 9.56. The second kappa shape index (κ2) is 9.21. The lowest BCUT2D eigenvalue weighted by molar-refractivity contribution is -0.197. The Labute approximate surface area is 204 Å². The minimum Gasteiger partial charge on any atom is -0.547 e. The number of fused-ring (bicyclic) bond motifs is 3. The molecule has 0 aromatic carbocycles. The molecule has 0 bridgehead atoms. The number of hydrogen-bond donors (Lipinski definition) is 0. The number of allylic oxidation sites excluding steroid dienone is 2. The molecule has 4 rings (SSSR count). The zero-order chi connectivity index (χ0) is 24.7. The normalized spacial score (nSPS) is 35.5. The van der Waals surface area contributed by atoms with Crippen molar-refractivity contribution in [2.75, 3.05) is 7.11 Å². The Hall–Kier alpha value is -2.02. The molecule has 1 saturated heterocycles. The fourth-order valence-electron chi connectivity index (χ4n) is 7.31. The molecule has 6 atom stereocenters. The van der Waals surface area contributed by atoms with Crippen LogP contribution in [0.15, 0.2) is 34.8 Å². The summed E-state index contributed by atoms with van der Waals surface area (Å²) in [5.74, 6) is 0.158. The zero-order valence-corrected chi connectivity index (χ0v) is 22.5. The fraction of sp³-hybridized carbons (Fsp3) is 0.704. The standard InChI is InChI=1S/C27H40O6Si/c1-7-34(8-2,9-3)33-21-11-10-19(24(28)30-6)26(4)14-12-20-25(29)32-22(18-13-15-31-17-18)16-27(20,5)23(21)26/h11,13,15,17,19-20,22-23H,7-10,12,14,16H2,1-6H3/t19-,20-,22-,23-,26-,27-/m0/s1. The lowest BCUT2D eigenvalue weighted by Gasteiger charge is -2.61. The van der Waals surface area contributed by atoms with Gasteiger partial charge in [-0.1, -0.05) is 34.6 Å². The van der Waals surface area contributed by atoms with Gasteiger partial charge in [-0.05, 0) is 66.8 Å². The first kappa shape index (κ1) is 25.1. The van der Waals surface area contributed by atoms with E-state index in [9.17, 15) is 9.59 Å². The third-order valence-corrected chi connectivity index (χ3v) is 14.1. The predicted octanol–water partition coefficient (Wildman–Crippen LogP) is 6.41. The first-order valence-corrected chi connectivity index (χ1v) is 15.4. The van der Waals surface area contributed by atoms with Crippen molar-refractivity contribution in [3.05, 3.63) is 36.0 Å². The second-order valence-electron chi connectivity index (χ2n) is 11.0. The van der Waals surface area contributed by atoms with Crippen LogP contribution in [0.2, 0.25) is 18.1 Å². The lowest BCUT2D eigenvalue weighted by atomic mass is 9.44. The highest BCUT2D eigenvalue weighted by Gasteiger charge is 2.65. The molecule has 1 saturated carbocycles. The van der Waals surface area contributed by atoms with Crippen LogP contribution in [0.25, 0.3) is 0 Å². The topological polar surface area (TPSA) is 75.0 Å². The number of ether oxygens (including phenoxy) is 2. The largest absolute Gasteiger partial charge is 0.547 e. The third kappa shape index (κ3) is 3.84. The van der Waals surface area contributed by atoms with Gasteiger partial charge in [-0.2, -0.15) is 0 Å². The summed E-state index contributed by atoms with van der Waals surface area (Å²) in [5, 5.41) is 0. The molecular weight excluding hydrogens is 448 g/mol. The van der Waals surface area contributed by atoms with E-state index in [1.807, 2.05) is 6.07 Å². The molecule has 2 aliphatic carbocycles. The Morgan fingerprint density at radius 3 is 2.47 bits per heavy atom. The maximum absolute atomic E-state index is 13.4. The van der Waals surface area contributed by atoms with E-state index in [1.165, 1.54) is 7.11 Å². The van der Waals surface area contributed by atoms with Gasteiger partial charge in [0.05, 0.1) is 37.2 Å². The first-order valence-electron chi connectivity index (χ1n) is 12.9. The summed E-state index contributed by atoms with van der Waals surface area (Å²) >= 11 is 0. The van der Waals surface area contributed by atoms with Crippen molar-refractivity contribution in [2.24, 2.45) is 28.6 Å². The molecule has 1 aromatic rings. The molecule has 188 valence electrons. The molecule has 6 nitrogen and oxygen atoms in total. The summed E-state index contributed by atoms with van der Waals surface area (Å²) in [7, 11) is -0.492. The van der Waals surface area contributed by atoms with E-state index in [-0.39, 0.29) is 41.2 Å². The van der Waals surface area contributed by atoms with Gasteiger partial charge in [-0.25, -0.2) is 0 Å². The van der Waals surface area contributed by atoms with E-state index in [4.69, 9.17) is 18.3 Å². The number of carbonyl (C=O) groups excluding carboxylic acids is 2. The van der Waals surface area contributed by atoms with Crippen LogP contribution in [-0.4, -0.2) is 27.4 Å². The Balaban J connectivity index is 1.82. The number of cyclic esters (lactones) is 1. The summed E-state index contributed by atoms with van der Waals surface area (Å²) in [6.45, 7) is 11.1. The van der Waals surface area contributed by atoms with Gasteiger partial charge in [0.1, 0.15) is 6.10 Å². The van der Waals surface area contributed by atoms with E-state index in [1.54, 1.807) is 12.5 Å². The van der Waals surface area contributed by atoms with Gasteiger partial charge in [0.15, 0.2) is 0 Å². The molecule has 0 unspecified atom stereocenters. The highest BCUT2D eigenvalue weighted by molar-refractivity contribution is 6.73. The van der Waals surface area contributed by atoms with Crippen LogP contribution in [0.4, 0.5) is 0 Å². The van der Waals surface area contributed by atoms with Crippen molar-refractivity contribution in [2.45, 2.75) is 84.5 Å². The smallest absolute Gasteiger partial charge is 0.310 e. The van der Waals surface area contributed by atoms with E-state index in [0.717, 1.165) is 35.9 Å². The minimum absolute atomic E-state index is 0.0598. The predicted molar refractivity (Wildman–Crippen MR) is 131 cm³/mol. The SMILES string of the molecule is CC[Si](CC)(CC)OC1=CC[C@@H](C(=O)OC)[C@]2(C)CC[C@H]3C(=O)O[C@H](c4ccoc4)C[C@]3(C)[C@@H]12. The monoisotopic (exact) mass is 488 g/mol. The maximum atomic E-state index is 13.4. The summed E-state index contributed by atoms with van der Waals surface area (Å²) in [5.41, 5.74) is 0.126. The van der Waals surface area contributed by atoms with E-state index in [2.05, 4.69) is 40.7 Å². The molecular formula is C27H40O6Si. The Kier molecular flexibility index (Phi) is 6.79. The number of carbonyl (C=O) groups is 2. The molecule has 0 radical (unpaired) electrons. The highest BCUT2D eigenvalue weighted by Crippen LogP contribution is 2.66. The van der Waals surface area contributed by atoms with Crippen LogP contribution >= 0.6 is 0 Å². The second-order valence-corrected chi connectivity index (χ2v) is 15.7. The van der Waals surface area contributed by atoms with Crippen LogP contribution in [0.3, 0.4) is 0 Å². The first-order chi connectivity index (χ1) is 16.2. The van der Waals surface area contributed by atoms with Crippen molar-refractivity contribution < 1.29 is 27.9 Å². The maximum Gasteiger partial charge on any atom is 0.310 e. The number of esters is 2. The van der Waals surface area contributed by atoms with Gasteiger partial charge in [-0.3, -0.25) is 9.59 Å². The van der Waals surface area contributed by atoms with Crippen molar-refractivity contribution in [3.8, 4) is 0 Å². The molecule has 7 heteroatoms.